The van der Waals surface area contributed by atoms with Crippen LogP contribution in [0, 0.1) is 0 Å². The lowest BCUT2D eigenvalue weighted by molar-refractivity contribution is -0.277. The molecule has 1 aromatic heterocycles. The maximum absolute atomic E-state index is 12.8. The summed E-state index contributed by atoms with van der Waals surface area (Å²) in [4.78, 5) is 12.8. The second-order valence-corrected chi connectivity index (χ2v) is 7.84. The molecular formula is C23H24O12. The number of aliphatic hydroxyl groups is 4. The number of hydrogen-bond donors (Lipinski definition) is 6. The molecule has 35 heavy (non-hydrogen) atoms. The molecule has 188 valence electrons. The summed E-state index contributed by atoms with van der Waals surface area (Å²) in [6.07, 6.45) is -7.70. The number of aromatic hydroxyl groups is 2. The number of phenolic OH excluding ortho intramolecular Hbond substituents is 1. The Bertz CT molecular complexity index is 1260. The first-order valence-electron chi connectivity index (χ1n) is 10.4. The van der Waals surface area contributed by atoms with E-state index in [1.54, 1.807) is 6.07 Å². The van der Waals surface area contributed by atoms with Crippen LogP contribution in [0.2, 0.25) is 0 Å². The predicted molar refractivity (Wildman–Crippen MR) is 119 cm³/mol. The standard InChI is InChI=1S/C23H24O12/c1-31-10-3-9(4-11(5-10)32-2)22-20(29)18(27)16-13(25)6-12(7-14(16)34-22)33-23-21(30)19(28)17(26)15(8-24)35-23/h3-7,15,17,19,21,23-26,28-30H,8H2,1-2H3. The summed E-state index contributed by atoms with van der Waals surface area (Å²) in [7, 11) is 2.85. The summed E-state index contributed by atoms with van der Waals surface area (Å²) in [6, 6.07) is 6.81. The van der Waals surface area contributed by atoms with Crippen molar-refractivity contribution in [3.63, 3.8) is 0 Å². The topological polar surface area (TPSA) is 189 Å². The van der Waals surface area contributed by atoms with Crippen molar-refractivity contribution in [2.24, 2.45) is 0 Å². The number of hydrogen-bond acceptors (Lipinski definition) is 12. The van der Waals surface area contributed by atoms with E-state index in [9.17, 15) is 35.4 Å². The van der Waals surface area contributed by atoms with Gasteiger partial charge in [0.2, 0.25) is 17.5 Å². The van der Waals surface area contributed by atoms with Gasteiger partial charge in [-0.15, -0.1) is 0 Å². The van der Waals surface area contributed by atoms with E-state index in [2.05, 4.69) is 0 Å². The Hall–Kier alpha value is -3.55. The second kappa shape index (κ2) is 9.60. The molecule has 5 unspecified atom stereocenters. The van der Waals surface area contributed by atoms with Crippen molar-refractivity contribution in [2.45, 2.75) is 30.7 Å². The van der Waals surface area contributed by atoms with Crippen LogP contribution in [0.15, 0.2) is 39.5 Å². The van der Waals surface area contributed by atoms with Gasteiger partial charge in [0.25, 0.3) is 0 Å². The van der Waals surface area contributed by atoms with Gasteiger partial charge in [0, 0.05) is 23.8 Å². The van der Waals surface area contributed by atoms with Gasteiger partial charge in [0.05, 0.1) is 20.8 Å². The summed E-state index contributed by atoms with van der Waals surface area (Å²) in [5.74, 6) is -0.994. The van der Waals surface area contributed by atoms with Gasteiger partial charge in [0.15, 0.2) is 5.76 Å². The van der Waals surface area contributed by atoms with Gasteiger partial charge >= 0.3 is 0 Å². The van der Waals surface area contributed by atoms with E-state index < -0.39 is 54.2 Å². The van der Waals surface area contributed by atoms with Crippen molar-refractivity contribution in [3.8, 4) is 40.1 Å². The van der Waals surface area contributed by atoms with Crippen LogP contribution < -0.4 is 19.6 Å². The molecule has 1 saturated heterocycles. The lowest BCUT2D eigenvalue weighted by Crippen LogP contribution is -2.60. The highest BCUT2D eigenvalue weighted by molar-refractivity contribution is 5.88. The van der Waals surface area contributed by atoms with Crippen molar-refractivity contribution >= 4 is 11.0 Å². The Kier molecular flexibility index (Phi) is 6.74. The third kappa shape index (κ3) is 4.45. The molecule has 1 aliphatic rings. The van der Waals surface area contributed by atoms with Gasteiger partial charge in [-0.2, -0.15) is 0 Å². The SMILES string of the molecule is COc1cc(OC)cc(-c2oc3cc(OC4OC(CO)C(O)C(O)C4O)cc(O)c3c(=O)c2O)c1. The van der Waals surface area contributed by atoms with Gasteiger partial charge in [-0.05, 0) is 12.1 Å². The molecule has 2 heterocycles. The number of rotatable bonds is 6. The Morgan fingerprint density at radius 1 is 0.886 bits per heavy atom. The molecule has 0 spiro atoms. The molecule has 3 aromatic rings. The number of aliphatic hydroxyl groups excluding tert-OH is 4. The Balaban J connectivity index is 1.78. The molecule has 1 aliphatic heterocycles. The normalized spacial score (nSPS) is 24.3. The molecule has 0 aliphatic carbocycles. The molecule has 0 bridgehead atoms. The zero-order valence-electron chi connectivity index (χ0n) is 18.6. The maximum atomic E-state index is 12.8. The Morgan fingerprint density at radius 3 is 2.14 bits per heavy atom. The highest BCUT2D eigenvalue weighted by Gasteiger charge is 2.44. The third-order valence-electron chi connectivity index (χ3n) is 5.64. The minimum atomic E-state index is -1.70. The molecule has 0 amide bonds. The molecule has 2 aromatic carbocycles. The van der Waals surface area contributed by atoms with Gasteiger partial charge < -0.3 is 54.0 Å². The fourth-order valence-corrected chi connectivity index (χ4v) is 3.77. The van der Waals surface area contributed by atoms with Crippen LogP contribution in [0.4, 0.5) is 0 Å². The minimum absolute atomic E-state index is 0.137. The van der Waals surface area contributed by atoms with Crippen LogP contribution >= 0.6 is 0 Å². The van der Waals surface area contributed by atoms with Gasteiger partial charge in [0.1, 0.15) is 58.4 Å². The predicted octanol–water partition coefficient (Wildman–Crippen LogP) is 0.0671. The first-order chi connectivity index (χ1) is 16.7. The fraction of sp³-hybridized carbons (Fsp3) is 0.348. The lowest BCUT2D eigenvalue weighted by atomic mass is 9.99. The minimum Gasteiger partial charge on any atom is -0.507 e. The van der Waals surface area contributed by atoms with Crippen LogP contribution in [0.25, 0.3) is 22.3 Å². The molecule has 6 N–H and O–H groups in total. The molecule has 4 rings (SSSR count). The van der Waals surface area contributed by atoms with Crippen molar-refractivity contribution in [1.29, 1.82) is 0 Å². The molecule has 12 heteroatoms. The van der Waals surface area contributed by atoms with E-state index in [4.69, 9.17) is 23.4 Å². The molecular weight excluding hydrogens is 468 g/mol. The number of phenols is 1. The molecule has 0 saturated carbocycles. The molecule has 1 fully saturated rings. The number of ether oxygens (including phenoxy) is 4. The second-order valence-electron chi connectivity index (χ2n) is 7.84. The Morgan fingerprint density at radius 2 is 1.54 bits per heavy atom. The summed E-state index contributed by atoms with van der Waals surface area (Å²) in [5.41, 5.74) is -0.846. The summed E-state index contributed by atoms with van der Waals surface area (Å²) >= 11 is 0. The van der Waals surface area contributed by atoms with E-state index in [1.165, 1.54) is 32.4 Å². The van der Waals surface area contributed by atoms with E-state index in [0.717, 1.165) is 6.07 Å². The maximum Gasteiger partial charge on any atom is 0.238 e. The average molecular weight is 492 g/mol. The average Bonchev–Trinajstić information content (AvgIpc) is 2.85. The Labute approximate surface area is 197 Å². The zero-order valence-corrected chi connectivity index (χ0v) is 18.6. The van der Waals surface area contributed by atoms with E-state index in [0.29, 0.717) is 11.5 Å². The van der Waals surface area contributed by atoms with Crippen molar-refractivity contribution in [1.82, 2.24) is 0 Å². The number of benzene rings is 2. The smallest absolute Gasteiger partial charge is 0.238 e. The molecule has 0 radical (unpaired) electrons. The van der Waals surface area contributed by atoms with Gasteiger partial charge in [-0.1, -0.05) is 0 Å². The number of fused-ring (bicyclic) bond motifs is 1. The van der Waals surface area contributed by atoms with Crippen LogP contribution in [-0.4, -0.2) is 82.2 Å². The van der Waals surface area contributed by atoms with E-state index in [-0.39, 0.29) is 28.0 Å². The molecule has 5 atom stereocenters. The zero-order chi connectivity index (χ0) is 25.4. The van der Waals surface area contributed by atoms with Gasteiger partial charge in [-0.3, -0.25) is 4.79 Å². The largest absolute Gasteiger partial charge is 0.507 e. The third-order valence-corrected chi connectivity index (χ3v) is 5.64. The number of methoxy groups -OCH3 is 2. The monoisotopic (exact) mass is 492 g/mol. The summed E-state index contributed by atoms with van der Waals surface area (Å²) < 4.78 is 27.0. The van der Waals surface area contributed by atoms with Crippen LogP contribution in [-0.2, 0) is 4.74 Å². The lowest BCUT2D eigenvalue weighted by Gasteiger charge is -2.39. The first kappa shape index (κ1) is 24.6. The van der Waals surface area contributed by atoms with E-state index >= 15 is 0 Å². The first-order valence-corrected chi connectivity index (χ1v) is 10.4. The van der Waals surface area contributed by atoms with Crippen LogP contribution in [0.3, 0.4) is 0 Å². The van der Waals surface area contributed by atoms with Gasteiger partial charge in [-0.25, -0.2) is 0 Å². The molecule has 12 nitrogen and oxygen atoms in total. The van der Waals surface area contributed by atoms with Crippen LogP contribution in [0.1, 0.15) is 0 Å². The highest BCUT2D eigenvalue weighted by atomic mass is 16.7. The van der Waals surface area contributed by atoms with E-state index in [1.807, 2.05) is 0 Å². The highest BCUT2D eigenvalue weighted by Crippen LogP contribution is 2.38. The van der Waals surface area contributed by atoms with Crippen molar-refractivity contribution in [3.05, 3.63) is 40.6 Å². The van der Waals surface area contributed by atoms with Crippen LogP contribution in [0.5, 0.6) is 28.7 Å². The van der Waals surface area contributed by atoms with Crippen molar-refractivity contribution < 1.29 is 54.0 Å². The summed E-state index contributed by atoms with van der Waals surface area (Å²) in [5, 5.41) is 60.1. The summed E-state index contributed by atoms with van der Waals surface area (Å²) in [6.45, 7) is -0.657. The quantitative estimate of drug-likeness (QED) is 0.272. The van der Waals surface area contributed by atoms with Crippen molar-refractivity contribution in [2.75, 3.05) is 20.8 Å². The fourth-order valence-electron chi connectivity index (χ4n) is 3.77.